The summed E-state index contributed by atoms with van der Waals surface area (Å²) in [6, 6.07) is 13.5. The number of nitrogens with one attached hydrogen (secondary N) is 2. The third kappa shape index (κ3) is 4.56. The number of hydrogen-bond donors (Lipinski definition) is 2. The molecule has 1 aliphatic rings. The summed E-state index contributed by atoms with van der Waals surface area (Å²) in [7, 11) is 0. The zero-order chi connectivity index (χ0) is 18.6. The number of carbonyl (C=O) groups is 1. The second kappa shape index (κ2) is 8.97. The van der Waals surface area contributed by atoms with Crippen molar-refractivity contribution in [3.8, 4) is 5.69 Å². The molecular weight excluding hydrogens is 383 g/mol. The molecule has 28 heavy (non-hydrogen) atoms. The van der Waals surface area contributed by atoms with E-state index in [4.69, 9.17) is 4.74 Å². The SMILES string of the molecule is Cl.O=C(Nc1ccc([C@H]2CNCCO2)cc1)c1cnn(-c2ccc(F)cc2)c1. The zero-order valence-corrected chi connectivity index (χ0v) is 15.8. The third-order valence-electron chi connectivity index (χ3n) is 4.40. The number of ether oxygens (including phenoxy) is 1. The Bertz CT molecular complexity index is 922. The summed E-state index contributed by atoms with van der Waals surface area (Å²) in [4.78, 5) is 12.4. The van der Waals surface area contributed by atoms with Gasteiger partial charge < -0.3 is 15.4 Å². The van der Waals surface area contributed by atoms with Crippen molar-refractivity contribution in [1.82, 2.24) is 15.1 Å². The Morgan fingerprint density at radius 1 is 1.18 bits per heavy atom. The van der Waals surface area contributed by atoms with Gasteiger partial charge in [-0.05, 0) is 42.0 Å². The van der Waals surface area contributed by atoms with Crippen molar-refractivity contribution in [2.45, 2.75) is 6.10 Å². The third-order valence-corrected chi connectivity index (χ3v) is 4.40. The summed E-state index contributed by atoms with van der Waals surface area (Å²) in [6.07, 6.45) is 3.13. The summed E-state index contributed by atoms with van der Waals surface area (Å²) >= 11 is 0. The van der Waals surface area contributed by atoms with Crippen LogP contribution in [0.5, 0.6) is 0 Å². The minimum atomic E-state index is -0.318. The maximum absolute atomic E-state index is 13.0. The van der Waals surface area contributed by atoms with Gasteiger partial charge in [0, 0.05) is 25.0 Å². The number of halogens is 2. The van der Waals surface area contributed by atoms with Gasteiger partial charge in [-0.1, -0.05) is 12.1 Å². The van der Waals surface area contributed by atoms with E-state index in [9.17, 15) is 9.18 Å². The average molecular weight is 403 g/mol. The van der Waals surface area contributed by atoms with E-state index in [0.717, 1.165) is 18.7 Å². The highest BCUT2D eigenvalue weighted by atomic mass is 35.5. The van der Waals surface area contributed by atoms with Crippen LogP contribution in [0.1, 0.15) is 22.0 Å². The van der Waals surface area contributed by atoms with E-state index in [2.05, 4.69) is 15.7 Å². The minimum absolute atomic E-state index is 0. The van der Waals surface area contributed by atoms with Crippen molar-refractivity contribution >= 4 is 24.0 Å². The molecule has 0 saturated carbocycles. The Morgan fingerprint density at radius 2 is 1.93 bits per heavy atom. The molecule has 4 rings (SSSR count). The van der Waals surface area contributed by atoms with Crippen molar-refractivity contribution in [3.63, 3.8) is 0 Å². The van der Waals surface area contributed by atoms with Crippen LogP contribution >= 0.6 is 12.4 Å². The number of carbonyl (C=O) groups excluding carboxylic acids is 1. The van der Waals surface area contributed by atoms with Crippen molar-refractivity contribution in [2.75, 3.05) is 25.0 Å². The average Bonchev–Trinajstić information content (AvgIpc) is 3.20. The molecule has 3 aromatic rings. The predicted molar refractivity (Wildman–Crippen MR) is 107 cm³/mol. The molecule has 0 bridgehead atoms. The Kier molecular flexibility index (Phi) is 6.41. The van der Waals surface area contributed by atoms with Crippen LogP contribution in [-0.4, -0.2) is 35.4 Å². The van der Waals surface area contributed by atoms with Crippen LogP contribution in [0.25, 0.3) is 5.69 Å². The highest BCUT2D eigenvalue weighted by Crippen LogP contribution is 2.21. The molecule has 1 fully saturated rings. The smallest absolute Gasteiger partial charge is 0.258 e. The first kappa shape index (κ1) is 20.0. The molecule has 0 spiro atoms. The lowest BCUT2D eigenvalue weighted by Crippen LogP contribution is -2.33. The van der Waals surface area contributed by atoms with Crippen LogP contribution in [0.4, 0.5) is 10.1 Å². The molecule has 146 valence electrons. The van der Waals surface area contributed by atoms with Gasteiger partial charge in [0.2, 0.25) is 0 Å². The van der Waals surface area contributed by atoms with Crippen molar-refractivity contribution in [3.05, 3.63) is 77.9 Å². The fourth-order valence-corrected chi connectivity index (χ4v) is 2.94. The van der Waals surface area contributed by atoms with Crippen LogP contribution in [0.3, 0.4) is 0 Å². The van der Waals surface area contributed by atoms with Crippen LogP contribution in [0.2, 0.25) is 0 Å². The molecular formula is C20H20ClFN4O2. The van der Waals surface area contributed by atoms with Gasteiger partial charge in [0.1, 0.15) is 5.82 Å². The number of rotatable bonds is 4. The molecule has 8 heteroatoms. The maximum Gasteiger partial charge on any atom is 0.258 e. The van der Waals surface area contributed by atoms with E-state index in [1.54, 1.807) is 18.3 Å². The fourth-order valence-electron chi connectivity index (χ4n) is 2.94. The largest absolute Gasteiger partial charge is 0.371 e. The number of morpholine rings is 1. The number of hydrogen-bond acceptors (Lipinski definition) is 4. The molecule has 1 saturated heterocycles. The maximum atomic E-state index is 13.0. The molecule has 1 amide bonds. The first-order valence-electron chi connectivity index (χ1n) is 8.73. The van der Waals surface area contributed by atoms with Gasteiger partial charge in [0.05, 0.1) is 30.2 Å². The molecule has 1 aromatic heterocycles. The second-order valence-corrected chi connectivity index (χ2v) is 6.29. The minimum Gasteiger partial charge on any atom is -0.371 e. The summed E-state index contributed by atoms with van der Waals surface area (Å²) in [6.45, 7) is 2.35. The second-order valence-electron chi connectivity index (χ2n) is 6.29. The highest BCUT2D eigenvalue weighted by Gasteiger charge is 2.16. The van der Waals surface area contributed by atoms with Gasteiger partial charge in [-0.3, -0.25) is 4.79 Å². The summed E-state index contributed by atoms with van der Waals surface area (Å²) in [5.74, 6) is -0.576. The Balaban J connectivity index is 0.00000225. The van der Waals surface area contributed by atoms with Gasteiger partial charge in [-0.2, -0.15) is 5.10 Å². The van der Waals surface area contributed by atoms with Crippen LogP contribution in [0.15, 0.2) is 60.9 Å². The van der Waals surface area contributed by atoms with Crippen molar-refractivity contribution in [1.29, 1.82) is 0 Å². The number of anilines is 1. The van der Waals surface area contributed by atoms with Crippen molar-refractivity contribution in [2.24, 2.45) is 0 Å². The number of amides is 1. The van der Waals surface area contributed by atoms with Crippen molar-refractivity contribution < 1.29 is 13.9 Å². The lowest BCUT2D eigenvalue weighted by Gasteiger charge is -2.24. The van der Waals surface area contributed by atoms with E-state index in [1.807, 2.05) is 24.3 Å². The summed E-state index contributed by atoms with van der Waals surface area (Å²) in [5, 5.41) is 10.3. The van der Waals surface area contributed by atoms with E-state index < -0.39 is 0 Å². The topological polar surface area (TPSA) is 68.2 Å². The van der Waals surface area contributed by atoms with Crippen LogP contribution < -0.4 is 10.6 Å². The number of benzene rings is 2. The van der Waals surface area contributed by atoms with Crippen LogP contribution in [0, 0.1) is 5.82 Å². The lowest BCUT2D eigenvalue weighted by molar-refractivity contribution is 0.0277. The first-order chi connectivity index (χ1) is 13.2. The molecule has 2 aromatic carbocycles. The van der Waals surface area contributed by atoms with Gasteiger partial charge in [-0.25, -0.2) is 9.07 Å². The number of aromatic nitrogens is 2. The summed E-state index contributed by atoms with van der Waals surface area (Å²) < 4.78 is 20.3. The first-order valence-corrected chi connectivity index (χ1v) is 8.73. The molecule has 2 heterocycles. The fraction of sp³-hybridized carbons (Fsp3) is 0.200. The normalized spacial score (nSPS) is 16.2. The van der Waals surface area contributed by atoms with Gasteiger partial charge in [0.15, 0.2) is 0 Å². The van der Waals surface area contributed by atoms with E-state index in [0.29, 0.717) is 23.5 Å². The molecule has 0 aliphatic carbocycles. The molecule has 0 radical (unpaired) electrons. The molecule has 0 unspecified atom stereocenters. The van der Waals surface area contributed by atoms with Crippen LogP contribution in [-0.2, 0) is 4.74 Å². The Hall–Kier alpha value is -2.74. The summed E-state index contributed by atoms with van der Waals surface area (Å²) in [5.41, 5.74) is 2.87. The highest BCUT2D eigenvalue weighted by molar-refractivity contribution is 6.04. The van der Waals surface area contributed by atoms with Gasteiger partial charge in [-0.15, -0.1) is 12.4 Å². The van der Waals surface area contributed by atoms with E-state index in [1.165, 1.54) is 23.0 Å². The quantitative estimate of drug-likeness (QED) is 0.702. The molecule has 1 aliphatic heterocycles. The van der Waals surface area contributed by atoms with Gasteiger partial charge in [0.25, 0.3) is 5.91 Å². The van der Waals surface area contributed by atoms with Gasteiger partial charge >= 0.3 is 0 Å². The lowest BCUT2D eigenvalue weighted by atomic mass is 10.1. The Labute approximate surface area is 168 Å². The zero-order valence-electron chi connectivity index (χ0n) is 15.0. The number of nitrogens with zero attached hydrogens (tertiary/aromatic N) is 2. The predicted octanol–water partition coefficient (Wildman–Crippen LogP) is 3.35. The monoisotopic (exact) mass is 402 g/mol. The standard InChI is InChI=1S/C20H19FN4O2.ClH/c21-16-3-7-18(8-4-16)25-13-15(11-23-25)20(26)24-17-5-1-14(2-6-17)19-12-22-9-10-27-19;/h1-8,11,13,19,22H,9-10,12H2,(H,24,26);1H/t19-;/m1./s1. The Morgan fingerprint density at radius 3 is 2.61 bits per heavy atom. The molecule has 6 nitrogen and oxygen atoms in total. The van der Waals surface area contributed by atoms with E-state index in [-0.39, 0.29) is 30.2 Å². The molecule has 1 atom stereocenters. The molecule has 2 N–H and O–H groups in total. The van der Waals surface area contributed by atoms with E-state index >= 15 is 0 Å².